The summed E-state index contributed by atoms with van der Waals surface area (Å²) in [6.45, 7) is 4.63. The Hall–Kier alpha value is -1.97. The highest BCUT2D eigenvalue weighted by atomic mass is 16.2. The number of nitrogens with zero attached hydrogens (tertiary/aromatic N) is 1. The van der Waals surface area contributed by atoms with E-state index in [-0.39, 0.29) is 23.9 Å². The van der Waals surface area contributed by atoms with Crippen LogP contribution >= 0.6 is 0 Å². The molecule has 1 aliphatic rings. The normalized spacial score (nSPS) is 21.2. The summed E-state index contributed by atoms with van der Waals surface area (Å²) in [7, 11) is 1.73. The van der Waals surface area contributed by atoms with E-state index in [9.17, 15) is 14.4 Å². The second-order valence-corrected chi connectivity index (χ2v) is 5.69. The molecule has 1 heterocycles. The van der Waals surface area contributed by atoms with Gasteiger partial charge in [-0.3, -0.25) is 14.4 Å². The second-order valence-electron chi connectivity index (χ2n) is 5.69. The minimum atomic E-state index is -0.812. The molecule has 1 aromatic carbocycles. The van der Waals surface area contributed by atoms with Gasteiger partial charge in [-0.1, -0.05) is 18.2 Å². The summed E-state index contributed by atoms with van der Waals surface area (Å²) in [5.41, 5.74) is 0.929. The van der Waals surface area contributed by atoms with Crippen molar-refractivity contribution in [1.29, 1.82) is 0 Å². The highest BCUT2D eigenvalue weighted by Gasteiger charge is 2.48. The van der Waals surface area contributed by atoms with Crippen molar-refractivity contribution in [3.63, 3.8) is 0 Å². The molecule has 4 nitrogen and oxygen atoms in total. The van der Waals surface area contributed by atoms with Gasteiger partial charge < -0.3 is 4.90 Å². The Morgan fingerprint density at radius 3 is 2.30 bits per heavy atom. The zero-order valence-corrected chi connectivity index (χ0v) is 12.3. The molecule has 0 N–H and O–H groups in total. The Labute approximate surface area is 118 Å². The number of fused-ring (bicyclic) bond motifs is 1. The second kappa shape index (κ2) is 4.85. The van der Waals surface area contributed by atoms with Crippen LogP contribution in [-0.2, 0) is 19.8 Å². The standard InChI is InChI=1S/C16H19NO3/c1-10(18)12(11(2)19)9-16(3)13-7-5-6-8-14(13)17(4)15(16)20/h5-8,12H,9H2,1-4H3/t16-/m0/s1. The Morgan fingerprint density at radius 1 is 1.20 bits per heavy atom. The average Bonchev–Trinajstić information content (AvgIpc) is 2.59. The number of carbonyl (C=O) groups is 3. The molecule has 1 amide bonds. The number of hydrogen-bond donors (Lipinski definition) is 0. The summed E-state index contributed by atoms with van der Waals surface area (Å²) < 4.78 is 0. The quantitative estimate of drug-likeness (QED) is 0.789. The van der Waals surface area contributed by atoms with Gasteiger partial charge in [0.05, 0.1) is 11.3 Å². The highest BCUT2D eigenvalue weighted by Crippen LogP contribution is 2.44. The largest absolute Gasteiger partial charge is 0.314 e. The van der Waals surface area contributed by atoms with Crippen molar-refractivity contribution in [2.45, 2.75) is 32.6 Å². The summed E-state index contributed by atoms with van der Waals surface area (Å²) in [4.78, 5) is 37.5. The van der Waals surface area contributed by atoms with Crippen LogP contribution in [0.15, 0.2) is 24.3 Å². The van der Waals surface area contributed by atoms with E-state index in [1.807, 2.05) is 31.2 Å². The van der Waals surface area contributed by atoms with Crippen LogP contribution in [0.5, 0.6) is 0 Å². The number of amides is 1. The van der Waals surface area contributed by atoms with Gasteiger partial charge >= 0.3 is 0 Å². The van der Waals surface area contributed by atoms with Gasteiger partial charge in [0.2, 0.25) is 5.91 Å². The number of para-hydroxylation sites is 1. The fourth-order valence-corrected chi connectivity index (χ4v) is 3.01. The number of rotatable bonds is 4. The van der Waals surface area contributed by atoms with Gasteiger partial charge in [0.25, 0.3) is 0 Å². The summed E-state index contributed by atoms with van der Waals surface area (Å²) in [6.07, 6.45) is 0.234. The molecular weight excluding hydrogens is 254 g/mol. The Morgan fingerprint density at radius 2 is 1.75 bits per heavy atom. The molecule has 4 heteroatoms. The van der Waals surface area contributed by atoms with Gasteiger partial charge in [0, 0.05) is 12.7 Å². The molecule has 0 fully saturated rings. The number of carbonyl (C=O) groups excluding carboxylic acids is 3. The number of benzene rings is 1. The van der Waals surface area contributed by atoms with Gasteiger partial charge in [-0.05, 0) is 38.8 Å². The zero-order chi connectivity index (χ0) is 15.1. The molecule has 0 unspecified atom stereocenters. The molecular formula is C16H19NO3. The Balaban J connectivity index is 2.47. The number of hydrogen-bond acceptors (Lipinski definition) is 3. The van der Waals surface area contributed by atoms with Crippen molar-refractivity contribution in [2.24, 2.45) is 5.92 Å². The lowest BCUT2D eigenvalue weighted by atomic mass is 9.74. The highest BCUT2D eigenvalue weighted by molar-refractivity contribution is 6.09. The molecule has 0 radical (unpaired) electrons. The maximum atomic E-state index is 12.6. The summed E-state index contributed by atoms with van der Waals surface area (Å²) >= 11 is 0. The molecule has 1 aromatic rings. The zero-order valence-electron chi connectivity index (χ0n) is 12.3. The molecule has 0 aromatic heterocycles. The van der Waals surface area contributed by atoms with Gasteiger partial charge in [-0.25, -0.2) is 0 Å². The van der Waals surface area contributed by atoms with Crippen LogP contribution in [0.3, 0.4) is 0 Å². The Kier molecular flexibility index (Phi) is 3.50. The molecule has 0 saturated heterocycles. The maximum absolute atomic E-state index is 12.6. The van der Waals surface area contributed by atoms with Crippen LogP contribution in [0, 0.1) is 5.92 Å². The van der Waals surface area contributed by atoms with Gasteiger partial charge in [0.1, 0.15) is 11.6 Å². The average molecular weight is 273 g/mol. The molecule has 1 aliphatic heterocycles. The third-order valence-electron chi connectivity index (χ3n) is 4.23. The monoisotopic (exact) mass is 273 g/mol. The predicted molar refractivity (Wildman–Crippen MR) is 76.7 cm³/mol. The number of anilines is 1. The van der Waals surface area contributed by atoms with E-state index < -0.39 is 11.3 Å². The van der Waals surface area contributed by atoms with Crippen molar-refractivity contribution < 1.29 is 14.4 Å². The van der Waals surface area contributed by atoms with E-state index >= 15 is 0 Å². The lowest BCUT2D eigenvalue weighted by Gasteiger charge is -2.26. The third kappa shape index (κ3) is 2.05. The van der Waals surface area contributed by atoms with Crippen molar-refractivity contribution in [1.82, 2.24) is 0 Å². The minimum Gasteiger partial charge on any atom is -0.314 e. The topological polar surface area (TPSA) is 54.5 Å². The lowest BCUT2D eigenvalue weighted by Crippen LogP contribution is -2.40. The van der Waals surface area contributed by atoms with E-state index in [1.54, 1.807) is 11.9 Å². The van der Waals surface area contributed by atoms with E-state index in [0.29, 0.717) is 0 Å². The molecule has 2 rings (SSSR count). The lowest BCUT2D eigenvalue weighted by molar-refractivity contribution is -0.132. The molecule has 106 valence electrons. The van der Waals surface area contributed by atoms with Crippen LogP contribution in [0.2, 0.25) is 0 Å². The molecule has 0 bridgehead atoms. The minimum absolute atomic E-state index is 0.0637. The molecule has 0 saturated carbocycles. The summed E-state index contributed by atoms with van der Waals surface area (Å²) in [6, 6.07) is 7.53. The predicted octanol–water partition coefficient (Wildman–Crippen LogP) is 2.10. The van der Waals surface area contributed by atoms with Crippen LogP contribution in [0.25, 0.3) is 0 Å². The van der Waals surface area contributed by atoms with Crippen LogP contribution in [0.1, 0.15) is 32.8 Å². The maximum Gasteiger partial charge on any atom is 0.237 e. The van der Waals surface area contributed by atoms with Crippen molar-refractivity contribution in [3.8, 4) is 0 Å². The number of Topliss-reactive ketones (excluding diaryl/α,β-unsaturated/α-hetero) is 2. The molecule has 0 spiro atoms. The fraction of sp³-hybridized carbons (Fsp3) is 0.438. The first-order valence-corrected chi connectivity index (χ1v) is 6.67. The van der Waals surface area contributed by atoms with Gasteiger partial charge in [-0.15, -0.1) is 0 Å². The summed E-state index contributed by atoms with van der Waals surface area (Å²) in [5, 5.41) is 0. The van der Waals surface area contributed by atoms with Crippen LogP contribution in [0.4, 0.5) is 5.69 Å². The SMILES string of the molecule is CC(=O)C(C[C@]1(C)C(=O)N(C)c2ccccc21)C(C)=O. The van der Waals surface area contributed by atoms with Gasteiger partial charge in [0.15, 0.2) is 0 Å². The third-order valence-corrected chi connectivity index (χ3v) is 4.23. The van der Waals surface area contributed by atoms with E-state index in [1.165, 1.54) is 13.8 Å². The van der Waals surface area contributed by atoms with Crippen LogP contribution in [-0.4, -0.2) is 24.5 Å². The molecule has 20 heavy (non-hydrogen) atoms. The molecule has 0 aliphatic carbocycles. The molecule has 1 atom stereocenters. The first-order valence-electron chi connectivity index (χ1n) is 6.67. The van der Waals surface area contributed by atoms with Crippen molar-refractivity contribution in [2.75, 3.05) is 11.9 Å². The summed E-state index contributed by atoms with van der Waals surface area (Å²) in [5.74, 6) is -1.15. The van der Waals surface area contributed by atoms with E-state index in [2.05, 4.69) is 0 Å². The number of ketones is 2. The first-order chi connectivity index (χ1) is 9.29. The van der Waals surface area contributed by atoms with Gasteiger partial charge in [-0.2, -0.15) is 0 Å². The Bertz CT molecular complexity index is 579. The van der Waals surface area contributed by atoms with E-state index in [4.69, 9.17) is 0 Å². The number of likely N-dealkylation sites (N-methyl/N-ethyl adjacent to an activating group) is 1. The fourth-order valence-electron chi connectivity index (χ4n) is 3.01. The van der Waals surface area contributed by atoms with Crippen molar-refractivity contribution in [3.05, 3.63) is 29.8 Å². The van der Waals surface area contributed by atoms with Crippen molar-refractivity contribution >= 4 is 23.2 Å². The van der Waals surface area contributed by atoms with E-state index in [0.717, 1.165) is 11.3 Å². The first kappa shape index (κ1) is 14.4. The van der Waals surface area contributed by atoms with Crippen LogP contribution < -0.4 is 4.90 Å². The smallest absolute Gasteiger partial charge is 0.237 e.